The van der Waals surface area contributed by atoms with E-state index in [4.69, 9.17) is 0 Å². The van der Waals surface area contributed by atoms with Crippen molar-refractivity contribution in [3.63, 3.8) is 0 Å². The minimum absolute atomic E-state index is 0. The Morgan fingerprint density at radius 2 is 0.828 bits per heavy atom. The monoisotopic (exact) mass is 610 g/mol. The molecule has 5 radical (unpaired) electrons. The van der Waals surface area contributed by atoms with Gasteiger partial charge in [0.15, 0.2) is 10.9 Å². The van der Waals surface area contributed by atoms with Gasteiger partial charge in [-0.15, -0.1) is 0 Å². The second-order valence-corrected chi connectivity index (χ2v) is 6.72. The summed E-state index contributed by atoms with van der Waals surface area (Å²) in [6.07, 6.45) is 3.16. The number of fused-ring (bicyclic) bond motifs is 3. The zero-order chi connectivity index (χ0) is 19.0. The first kappa shape index (κ1) is 27.9. The van der Waals surface area contributed by atoms with Crippen molar-refractivity contribution in [2.45, 2.75) is 34.6 Å². The van der Waals surface area contributed by atoms with Crippen molar-refractivity contribution in [2.75, 3.05) is 0 Å². The van der Waals surface area contributed by atoms with Gasteiger partial charge in [-0.05, 0) is 41.7 Å². The number of hydrogen-bond donors (Lipinski definition) is 2. The van der Waals surface area contributed by atoms with Crippen LogP contribution in [0.25, 0.3) is 21.8 Å². The van der Waals surface area contributed by atoms with E-state index in [1.807, 2.05) is 0 Å². The Balaban J connectivity index is 0.000000535. The molecule has 4 rings (SSSR count). The van der Waals surface area contributed by atoms with Crippen molar-refractivity contribution in [1.29, 1.82) is 0 Å². The molecule has 1 fully saturated rings. The molecule has 1 aliphatic carbocycles. The van der Waals surface area contributed by atoms with Crippen molar-refractivity contribution in [3.05, 3.63) is 86.7 Å². The quantitative estimate of drug-likeness (QED) is 0.300. The fourth-order valence-corrected chi connectivity index (χ4v) is 3.30. The molecule has 0 bridgehead atoms. The Bertz CT molecular complexity index is 937. The van der Waals surface area contributed by atoms with E-state index in [0.29, 0.717) is 21.8 Å². The zero-order valence-corrected chi connectivity index (χ0v) is 20.8. The number of benzene rings is 1. The van der Waals surface area contributed by atoms with E-state index < -0.39 is 0 Å². The molecule has 3 aromatic rings. The van der Waals surface area contributed by atoms with E-state index in [0.717, 1.165) is 0 Å². The molecule has 0 amide bonds. The van der Waals surface area contributed by atoms with Crippen LogP contribution in [0.2, 0.25) is 0 Å². The van der Waals surface area contributed by atoms with Gasteiger partial charge in [-0.2, -0.15) is 0 Å². The van der Waals surface area contributed by atoms with E-state index in [-0.39, 0.29) is 55.8 Å². The number of halogens is 2. The maximum atomic E-state index is 11.6. The van der Waals surface area contributed by atoms with Crippen LogP contribution >= 0.6 is 0 Å². The largest absolute Gasteiger partial charge is 3.00 e. The first-order chi connectivity index (χ1) is 12.3. The molecule has 1 aromatic carbocycles. The Hall–Kier alpha value is -1.13. The van der Waals surface area contributed by atoms with Gasteiger partial charge in [-0.25, -0.2) is 0 Å². The van der Waals surface area contributed by atoms with Crippen LogP contribution in [0, 0.1) is 29.6 Å². The molecule has 4 nitrogen and oxygen atoms in total. The van der Waals surface area contributed by atoms with Gasteiger partial charge >= 0.3 is 20.1 Å². The predicted octanol–water partition coefficient (Wildman–Crippen LogP) is -1.65. The van der Waals surface area contributed by atoms with E-state index in [2.05, 4.69) is 44.6 Å². The van der Waals surface area contributed by atoms with Gasteiger partial charge in [-0.1, -0.05) is 34.6 Å². The summed E-state index contributed by atoms with van der Waals surface area (Å²) < 4.78 is 0. The van der Waals surface area contributed by atoms with Crippen molar-refractivity contribution in [2.24, 2.45) is 0 Å². The molecule has 1 saturated carbocycles. The average molecular weight is 611 g/mol. The first-order valence-corrected chi connectivity index (χ1v) is 8.64. The van der Waals surface area contributed by atoms with E-state index in [9.17, 15) is 9.59 Å². The predicted molar refractivity (Wildman–Crippen MR) is 107 cm³/mol. The van der Waals surface area contributed by atoms with Crippen molar-refractivity contribution in [1.82, 2.24) is 9.97 Å². The fraction of sp³-hybridized carbons (Fsp3) is 0.227. The van der Waals surface area contributed by atoms with Crippen LogP contribution in [0.15, 0.2) is 46.2 Å². The molecule has 0 aliphatic heterocycles. The van der Waals surface area contributed by atoms with E-state index in [1.165, 1.54) is 41.7 Å². The summed E-state index contributed by atoms with van der Waals surface area (Å²) in [4.78, 5) is 29.2. The summed E-state index contributed by atoms with van der Waals surface area (Å²) in [6.45, 7) is 11.0. The number of aromatic nitrogens is 2. The fourth-order valence-electron chi connectivity index (χ4n) is 3.30. The summed E-state index contributed by atoms with van der Waals surface area (Å²) in [5.41, 5.74) is 1.23. The van der Waals surface area contributed by atoms with Crippen molar-refractivity contribution >= 4 is 21.8 Å². The maximum absolute atomic E-state index is 11.6. The normalized spacial score (nSPS) is 15.9. The maximum Gasteiger partial charge on any atom is 3.00 e. The van der Waals surface area contributed by atoms with Crippen LogP contribution in [-0.2, 0) is 20.1 Å². The topological polar surface area (TPSA) is 65.7 Å². The number of hydrogen-bond acceptors (Lipinski definition) is 2. The van der Waals surface area contributed by atoms with Gasteiger partial charge in [-0.3, -0.25) is 9.59 Å². The summed E-state index contributed by atoms with van der Waals surface area (Å²) in [5, 5.41) is 1.16. The third-order valence-corrected chi connectivity index (χ3v) is 5.47. The molecular formula is C22H23Cl2IrN2O2+. The third-order valence-electron chi connectivity index (χ3n) is 5.47. The van der Waals surface area contributed by atoms with Gasteiger partial charge in [0.25, 0.3) is 0 Å². The molecule has 2 aromatic heterocycles. The molecule has 0 spiro atoms. The minimum Gasteiger partial charge on any atom is -1.00 e. The van der Waals surface area contributed by atoms with Gasteiger partial charge in [0.1, 0.15) is 0 Å². The smallest absolute Gasteiger partial charge is 1.00 e. The molecule has 0 atom stereocenters. The van der Waals surface area contributed by atoms with Gasteiger partial charge in [0.2, 0.25) is 0 Å². The Labute approximate surface area is 197 Å². The van der Waals surface area contributed by atoms with E-state index >= 15 is 0 Å². The van der Waals surface area contributed by atoms with Crippen LogP contribution in [0.4, 0.5) is 0 Å². The summed E-state index contributed by atoms with van der Waals surface area (Å²) in [7, 11) is 0. The van der Waals surface area contributed by atoms with E-state index in [1.54, 1.807) is 24.5 Å². The number of H-pyrrole nitrogens is 2. The minimum atomic E-state index is -0.0552. The van der Waals surface area contributed by atoms with Gasteiger partial charge in [0, 0.05) is 35.3 Å². The summed E-state index contributed by atoms with van der Waals surface area (Å²) >= 11 is 0. The molecule has 155 valence electrons. The Kier molecular flexibility index (Phi) is 10.9. The zero-order valence-electron chi connectivity index (χ0n) is 16.9. The molecule has 29 heavy (non-hydrogen) atoms. The standard InChI is InChI=1S/C12H8N2O2.C10H15.2ClH.Ir/c15-9-3-5-13-11-7(9)1-2-8-10(16)4-6-14-12(8)11;1-6-7(2)9(4)10(5)8(6)3;;;/h1-6H,(H,13,15)(H,14,16);1-5H3;2*1H;/q;;;;+3/p-2. The molecule has 0 saturated heterocycles. The molecule has 2 N–H and O–H groups in total. The van der Waals surface area contributed by atoms with Crippen LogP contribution in [0.3, 0.4) is 0 Å². The SMILES string of the molecule is C[C]1[C](C)[C](C)[C](C)[C]1C.O=c1cc[nH]c2c1ccc1c(=O)cc[nH]c12.[Cl-].[Cl-].[Ir+3]. The van der Waals surface area contributed by atoms with Crippen LogP contribution < -0.4 is 35.7 Å². The average Bonchev–Trinajstić information content (AvgIpc) is 2.81. The number of rotatable bonds is 0. The van der Waals surface area contributed by atoms with Crippen molar-refractivity contribution < 1.29 is 44.9 Å². The van der Waals surface area contributed by atoms with Gasteiger partial charge < -0.3 is 34.8 Å². The van der Waals surface area contributed by atoms with Crippen molar-refractivity contribution in [3.8, 4) is 0 Å². The number of pyridine rings is 2. The van der Waals surface area contributed by atoms with Gasteiger partial charge in [0.05, 0.1) is 11.0 Å². The number of nitrogens with one attached hydrogen (secondary N) is 2. The number of aromatic amines is 2. The first-order valence-electron chi connectivity index (χ1n) is 8.64. The molecule has 1 aliphatic rings. The molecule has 2 heterocycles. The Morgan fingerprint density at radius 1 is 0.552 bits per heavy atom. The Morgan fingerprint density at radius 3 is 1.10 bits per heavy atom. The molecule has 0 unspecified atom stereocenters. The van der Waals surface area contributed by atoms with Crippen LogP contribution in [0.1, 0.15) is 34.6 Å². The molecular weight excluding hydrogens is 587 g/mol. The summed E-state index contributed by atoms with van der Waals surface area (Å²) in [6, 6.07) is 6.28. The van der Waals surface area contributed by atoms with Crippen LogP contribution in [-0.4, -0.2) is 9.97 Å². The second-order valence-electron chi connectivity index (χ2n) is 6.72. The molecule has 7 heteroatoms. The van der Waals surface area contributed by atoms with Crippen LogP contribution in [0.5, 0.6) is 0 Å². The second kappa shape index (κ2) is 11.3. The summed E-state index contributed by atoms with van der Waals surface area (Å²) in [5.74, 6) is 7.34. The third kappa shape index (κ3) is 5.32.